The van der Waals surface area contributed by atoms with Crippen LogP contribution in [0.4, 0.5) is 11.4 Å². The fourth-order valence-corrected chi connectivity index (χ4v) is 6.85. The molecular weight excluding hydrogens is 500 g/mol. The smallest absolute Gasteiger partial charge is 0.238 e. The van der Waals surface area contributed by atoms with Crippen molar-refractivity contribution in [2.24, 2.45) is 5.92 Å². The van der Waals surface area contributed by atoms with Crippen LogP contribution in [0.3, 0.4) is 0 Å². The Kier molecular flexibility index (Phi) is 5.46. The highest BCUT2D eigenvalue weighted by atomic mass is 16.5. The lowest BCUT2D eigenvalue weighted by Crippen LogP contribution is -2.51. The van der Waals surface area contributed by atoms with Crippen LogP contribution in [-0.4, -0.2) is 36.7 Å². The Morgan fingerprint density at radius 2 is 1.55 bits per heavy atom. The maximum atomic E-state index is 14.8. The Balaban J connectivity index is 1.54. The van der Waals surface area contributed by atoms with E-state index in [0.29, 0.717) is 22.6 Å². The second-order valence-electron chi connectivity index (χ2n) is 10.4. The van der Waals surface area contributed by atoms with Gasteiger partial charge in [0.05, 0.1) is 19.1 Å². The summed E-state index contributed by atoms with van der Waals surface area (Å²) < 4.78 is 5.43. The molecule has 4 aromatic carbocycles. The number of ketones is 2. The van der Waals surface area contributed by atoms with E-state index >= 15 is 0 Å². The van der Waals surface area contributed by atoms with E-state index in [4.69, 9.17) is 4.74 Å². The van der Waals surface area contributed by atoms with E-state index < -0.39 is 23.4 Å². The molecule has 4 atom stereocenters. The van der Waals surface area contributed by atoms with Crippen molar-refractivity contribution in [3.63, 3.8) is 0 Å². The van der Waals surface area contributed by atoms with Crippen molar-refractivity contribution < 1.29 is 19.1 Å². The van der Waals surface area contributed by atoms with Crippen molar-refractivity contribution in [3.8, 4) is 5.75 Å². The summed E-state index contributed by atoms with van der Waals surface area (Å²) in [6, 6.07) is 29.8. The Bertz CT molecular complexity index is 1710. The largest absolute Gasteiger partial charge is 0.497 e. The Hall–Kier alpha value is -4.97. The van der Waals surface area contributed by atoms with E-state index in [1.165, 1.54) is 0 Å². The van der Waals surface area contributed by atoms with Gasteiger partial charge in [0.1, 0.15) is 17.2 Å². The maximum Gasteiger partial charge on any atom is 0.238 e. The SMILES string of the molecule is COc1cccc(C(=O)[C@@H]2[C@H](C(=O)c3ccccc3)N3c4ccccc4C=C[C@H]3[C@@]23C(=O)Nc2ccccc23)c1. The van der Waals surface area contributed by atoms with Gasteiger partial charge in [-0.2, -0.15) is 0 Å². The number of rotatable bonds is 5. The van der Waals surface area contributed by atoms with Crippen molar-refractivity contribution in [2.45, 2.75) is 17.5 Å². The van der Waals surface area contributed by atoms with Gasteiger partial charge in [0.15, 0.2) is 11.6 Å². The summed E-state index contributed by atoms with van der Waals surface area (Å²) in [5.41, 5.74) is 2.69. The Morgan fingerprint density at radius 3 is 2.38 bits per heavy atom. The fraction of sp³-hybridized carbons (Fsp3) is 0.147. The van der Waals surface area contributed by atoms with Crippen molar-refractivity contribution >= 4 is 34.9 Å². The van der Waals surface area contributed by atoms with Crippen LogP contribution in [0.25, 0.3) is 6.08 Å². The normalized spacial score (nSPS) is 23.8. The van der Waals surface area contributed by atoms with Gasteiger partial charge in [0, 0.05) is 22.5 Å². The average Bonchev–Trinajstić information content (AvgIpc) is 3.49. The van der Waals surface area contributed by atoms with E-state index in [0.717, 1.165) is 16.8 Å². The van der Waals surface area contributed by atoms with Crippen molar-refractivity contribution in [2.75, 3.05) is 17.3 Å². The number of anilines is 2. The number of nitrogens with one attached hydrogen (secondary N) is 1. The van der Waals surface area contributed by atoms with Crippen LogP contribution in [0.5, 0.6) is 5.75 Å². The molecule has 196 valence electrons. The lowest BCUT2D eigenvalue weighted by molar-refractivity contribution is -0.121. The highest BCUT2D eigenvalue weighted by Crippen LogP contribution is 2.58. The van der Waals surface area contributed by atoms with Gasteiger partial charge in [0.2, 0.25) is 5.91 Å². The fourth-order valence-electron chi connectivity index (χ4n) is 6.85. The van der Waals surface area contributed by atoms with Crippen molar-refractivity contribution in [1.82, 2.24) is 0 Å². The number of ether oxygens (including phenoxy) is 1. The first kappa shape index (κ1) is 24.1. The number of amides is 1. The van der Waals surface area contributed by atoms with E-state index in [2.05, 4.69) is 5.32 Å². The Morgan fingerprint density at radius 1 is 0.825 bits per heavy atom. The standard InChI is InChI=1S/C34H26N2O4/c1-40-24-14-9-13-23(20-24)31(37)29-30(32(38)22-11-3-2-4-12-22)36-27-17-8-5-10-21(27)18-19-28(36)34(29)25-15-6-7-16-26(25)35-33(34)39/h2-20,28-30H,1H3,(H,35,39)/t28-,29-,30+,34+/m0/s1. The first-order valence-corrected chi connectivity index (χ1v) is 13.3. The molecule has 6 heteroatoms. The zero-order valence-electron chi connectivity index (χ0n) is 21.8. The highest BCUT2D eigenvalue weighted by molar-refractivity contribution is 6.18. The molecule has 0 aliphatic carbocycles. The summed E-state index contributed by atoms with van der Waals surface area (Å²) in [6.45, 7) is 0. The van der Waals surface area contributed by atoms with Gasteiger partial charge in [-0.05, 0) is 35.4 Å². The molecule has 1 fully saturated rings. The molecule has 0 unspecified atom stereocenters. The van der Waals surface area contributed by atoms with Gasteiger partial charge >= 0.3 is 0 Å². The average molecular weight is 527 g/mol. The van der Waals surface area contributed by atoms with Gasteiger partial charge < -0.3 is 15.0 Å². The minimum absolute atomic E-state index is 0.203. The van der Waals surface area contributed by atoms with Crippen LogP contribution in [-0.2, 0) is 10.2 Å². The van der Waals surface area contributed by atoms with E-state index in [1.54, 1.807) is 43.5 Å². The summed E-state index contributed by atoms with van der Waals surface area (Å²) in [4.78, 5) is 45.7. The number of nitrogens with zero attached hydrogens (tertiary/aromatic N) is 1. The number of Topliss-reactive ketones (excluding diaryl/α,β-unsaturated/α-hetero) is 2. The molecule has 1 spiro atoms. The van der Waals surface area contributed by atoms with E-state index in [9.17, 15) is 14.4 Å². The zero-order chi connectivity index (χ0) is 27.4. The lowest BCUT2D eigenvalue weighted by Gasteiger charge is -2.37. The summed E-state index contributed by atoms with van der Waals surface area (Å²) >= 11 is 0. The van der Waals surface area contributed by atoms with Gasteiger partial charge in [-0.3, -0.25) is 14.4 Å². The first-order valence-electron chi connectivity index (χ1n) is 13.3. The number of hydrogen-bond donors (Lipinski definition) is 1. The monoisotopic (exact) mass is 526 g/mol. The van der Waals surface area contributed by atoms with Crippen molar-refractivity contribution in [3.05, 3.63) is 131 Å². The first-order chi connectivity index (χ1) is 19.6. The summed E-state index contributed by atoms with van der Waals surface area (Å²) in [5.74, 6) is -1.25. The lowest BCUT2D eigenvalue weighted by atomic mass is 9.64. The van der Waals surface area contributed by atoms with Crippen molar-refractivity contribution in [1.29, 1.82) is 0 Å². The molecule has 4 aromatic rings. The summed E-state index contributed by atoms with van der Waals surface area (Å²) in [7, 11) is 1.55. The van der Waals surface area contributed by atoms with E-state index in [-0.39, 0.29) is 17.5 Å². The minimum atomic E-state index is -1.34. The molecule has 7 rings (SSSR count). The van der Waals surface area contributed by atoms with Crippen LogP contribution in [0.2, 0.25) is 0 Å². The molecule has 0 bridgehead atoms. The summed E-state index contributed by atoms with van der Waals surface area (Å²) in [6.07, 6.45) is 3.98. The third kappa shape index (κ3) is 3.26. The van der Waals surface area contributed by atoms with Gasteiger partial charge in [0.25, 0.3) is 0 Å². The topological polar surface area (TPSA) is 75.7 Å². The van der Waals surface area contributed by atoms with Crippen LogP contribution in [0.1, 0.15) is 31.8 Å². The van der Waals surface area contributed by atoms with Crippen LogP contribution in [0, 0.1) is 5.92 Å². The second kappa shape index (κ2) is 9.06. The molecule has 1 N–H and O–H groups in total. The molecule has 6 nitrogen and oxygen atoms in total. The highest BCUT2D eigenvalue weighted by Gasteiger charge is 2.70. The number of hydrogen-bond acceptors (Lipinski definition) is 5. The van der Waals surface area contributed by atoms with Gasteiger partial charge in [-0.1, -0.05) is 91.0 Å². The predicted octanol–water partition coefficient (Wildman–Crippen LogP) is 5.55. The molecule has 0 saturated carbocycles. The van der Waals surface area contributed by atoms with Crippen LogP contribution >= 0.6 is 0 Å². The number of methoxy groups -OCH3 is 1. The molecule has 0 aromatic heterocycles. The van der Waals surface area contributed by atoms with Crippen LogP contribution in [0.15, 0.2) is 109 Å². The molecule has 3 aliphatic heterocycles. The van der Waals surface area contributed by atoms with E-state index in [1.807, 2.05) is 83.8 Å². The Labute approximate surface area is 231 Å². The summed E-state index contributed by atoms with van der Waals surface area (Å²) in [5, 5.41) is 3.06. The number of carbonyl (C=O) groups excluding carboxylic acids is 3. The zero-order valence-corrected chi connectivity index (χ0v) is 21.8. The third-order valence-electron chi connectivity index (χ3n) is 8.51. The third-order valence-corrected chi connectivity index (χ3v) is 8.51. The molecule has 3 heterocycles. The molecule has 1 amide bonds. The predicted molar refractivity (Wildman–Crippen MR) is 154 cm³/mol. The number of benzene rings is 4. The molecular formula is C34H26N2O4. The quantitative estimate of drug-likeness (QED) is 0.345. The molecule has 40 heavy (non-hydrogen) atoms. The minimum Gasteiger partial charge on any atom is -0.497 e. The van der Waals surface area contributed by atoms with Gasteiger partial charge in [-0.25, -0.2) is 0 Å². The number of para-hydroxylation sites is 2. The maximum absolute atomic E-state index is 14.8. The molecule has 1 saturated heterocycles. The molecule has 0 radical (unpaired) electrons. The molecule has 3 aliphatic rings. The number of carbonyl (C=O) groups is 3. The van der Waals surface area contributed by atoms with Crippen LogP contribution < -0.4 is 15.0 Å². The van der Waals surface area contributed by atoms with Gasteiger partial charge in [-0.15, -0.1) is 0 Å². The number of fused-ring (bicyclic) bond motifs is 6. The second-order valence-corrected chi connectivity index (χ2v) is 10.4.